The molecule has 2 aromatic carbocycles. The number of pyridine rings is 1. The Labute approximate surface area is 251 Å². The van der Waals surface area contributed by atoms with E-state index in [2.05, 4.69) is 73.2 Å². The highest BCUT2D eigenvalue weighted by Crippen LogP contribution is 2.36. The minimum Gasteiger partial charge on any atom is -0.491 e. The van der Waals surface area contributed by atoms with Crippen LogP contribution >= 0.6 is 11.3 Å². The first-order valence-corrected chi connectivity index (χ1v) is 15.6. The van der Waals surface area contributed by atoms with E-state index in [1.807, 2.05) is 33.8 Å². The molecule has 0 N–H and O–H groups in total. The summed E-state index contributed by atoms with van der Waals surface area (Å²) in [5, 5.41) is 11.0. The maximum Gasteiger partial charge on any atom is 0.159 e. The van der Waals surface area contributed by atoms with Crippen LogP contribution in [0.3, 0.4) is 0 Å². The summed E-state index contributed by atoms with van der Waals surface area (Å²) in [5.41, 5.74) is 7.17. The van der Waals surface area contributed by atoms with Crippen molar-refractivity contribution in [3.63, 3.8) is 0 Å². The van der Waals surface area contributed by atoms with Crippen LogP contribution in [-0.2, 0) is 12.8 Å². The Hall–Kier alpha value is -3.38. The number of nitrogens with zero attached hydrogens (tertiary/aromatic N) is 3. The molecule has 0 bridgehead atoms. The minimum atomic E-state index is 0.0809. The maximum absolute atomic E-state index is 10.6. The second-order valence-electron chi connectivity index (χ2n) is 10.7. The van der Waals surface area contributed by atoms with Gasteiger partial charge in [-0.05, 0) is 106 Å². The van der Waals surface area contributed by atoms with Crippen molar-refractivity contribution in [2.45, 2.75) is 94.1 Å². The third-order valence-corrected chi connectivity index (χ3v) is 6.93. The van der Waals surface area contributed by atoms with Gasteiger partial charge in [0.15, 0.2) is 5.78 Å². The van der Waals surface area contributed by atoms with Gasteiger partial charge in [0.25, 0.3) is 0 Å². The molecule has 6 heteroatoms. The number of hydrogen-bond donors (Lipinski definition) is 0. The number of ketones is 1. The van der Waals surface area contributed by atoms with Crippen LogP contribution in [-0.4, -0.2) is 27.1 Å². The third kappa shape index (κ3) is 10.8. The first kappa shape index (κ1) is 33.8. The summed E-state index contributed by atoms with van der Waals surface area (Å²) < 4.78 is 5.84. The number of benzene rings is 2. The van der Waals surface area contributed by atoms with E-state index < -0.39 is 0 Å². The molecule has 0 spiro atoms. The highest BCUT2D eigenvalue weighted by molar-refractivity contribution is 7.17. The van der Waals surface area contributed by atoms with E-state index in [-0.39, 0.29) is 11.9 Å². The fraction of sp³-hybridized carbons (Fsp3) is 0.429. The van der Waals surface area contributed by atoms with Crippen molar-refractivity contribution in [3.05, 3.63) is 83.2 Å². The number of hydrogen-bond acceptors (Lipinski definition) is 6. The van der Waals surface area contributed by atoms with Gasteiger partial charge >= 0.3 is 0 Å². The van der Waals surface area contributed by atoms with E-state index in [9.17, 15) is 4.79 Å². The van der Waals surface area contributed by atoms with Crippen LogP contribution in [0.25, 0.3) is 21.1 Å². The van der Waals surface area contributed by atoms with Gasteiger partial charge < -0.3 is 4.74 Å². The Morgan fingerprint density at radius 3 is 2.10 bits per heavy atom. The van der Waals surface area contributed by atoms with Crippen molar-refractivity contribution in [1.29, 1.82) is 0 Å². The van der Waals surface area contributed by atoms with Crippen molar-refractivity contribution in [2.75, 3.05) is 0 Å². The lowest BCUT2D eigenvalue weighted by atomic mass is 9.88. The molecule has 0 saturated heterocycles. The molecule has 2 aromatic heterocycles. The van der Waals surface area contributed by atoms with Crippen molar-refractivity contribution < 1.29 is 9.53 Å². The summed E-state index contributed by atoms with van der Waals surface area (Å²) in [5.74, 6) is 1.85. The minimum absolute atomic E-state index is 0.0809. The molecular formula is C35H47N3O2S. The maximum atomic E-state index is 10.6. The van der Waals surface area contributed by atoms with Crippen LogP contribution < -0.4 is 4.74 Å². The van der Waals surface area contributed by atoms with Crippen LogP contribution in [0.2, 0.25) is 0 Å². The van der Waals surface area contributed by atoms with E-state index in [0.29, 0.717) is 5.56 Å². The Morgan fingerprint density at radius 2 is 1.51 bits per heavy atom. The molecule has 4 aromatic rings. The smallest absolute Gasteiger partial charge is 0.159 e. The summed E-state index contributed by atoms with van der Waals surface area (Å²) in [4.78, 5) is 14.4. The number of rotatable bonds is 5. The molecule has 2 heterocycles. The van der Waals surface area contributed by atoms with Crippen molar-refractivity contribution in [1.82, 2.24) is 15.2 Å². The standard InChI is InChI=1S/C22H24N2OS.C7H7NO.C4H10.C2H6/c1-14(2)25-20-12-11-17(13-15(20)3)21-23-24-22(26-21)19-10-6-8-16-7-4-5-9-18(16)19;1-6(9)7-2-4-8-5-3-7;1-4(2)3;1-2/h6,8,10-14H,4-5,7,9H2,1-3H3;2-5H,1H3;4H,1-3H3;1-2H3. The normalized spacial score (nSPS) is 11.7. The van der Waals surface area contributed by atoms with E-state index >= 15 is 0 Å². The van der Waals surface area contributed by atoms with E-state index in [0.717, 1.165) is 39.2 Å². The Balaban J connectivity index is 0.000000325. The molecule has 5 nitrogen and oxygen atoms in total. The fourth-order valence-corrected chi connectivity index (χ4v) is 5.08. The van der Waals surface area contributed by atoms with Gasteiger partial charge in [0.05, 0.1) is 6.10 Å². The molecule has 220 valence electrons. The largest absolute Gasteiger partial charge is 0.491 e. The van der Waals surface area contributed by atoms with Crippen molar-refractivity contribution >= 4 is 17.1 Å². The molecule has 5 rings (SSSR count). The average Bonchev–Trinajstić information content (AvgIpc) is 3.45. The number of ether oxygens (including phenoxy) is 1. The van der Waals surface area contributed by atoms with Gasteiger partial charge in [-0.3, -0.25) is 9.78 Å². The molecule has 0 unspecified atom stereocenters. The Bertz CT molecular complexity index is 1340. The molecule has 0 atom stereocenters. The Morgan fingerprint density at radius 1 is 0.878 bits per heavy atom. The topological polar surface area (TPSA) is 65.0 Å². The second kappa shape index (κ2) is 17.4. The van der Waals surface area contributed by atoms with Gasteiger partial charge in [0.2, 0.25) is 0 Å². The number of carbonyl (C=O) groups is 1. The molecule has 0 aliphatic heterocycles. The summed E-state index contributed by atoms with van der Waals surface area (Å²) in [7, 11) is 0. The first-order chi connectivity index (χ1) is 19.7. The number of aromatic nitrogens is 3. The third-order valence-electron chi connectivity index (χ3n) is 5.92. The van der Waals surface area contributed by atoms with Gasteiger partial charge in [-0.25, -0.2) is 0 Å². The molecule has 0 saturated carbocycles. The monoisotopic (exact) mass is 573 g/mol. The number of aryl methyl sites for hydroxylation is 2. The number of carbonyl (C=O) groups excluding carboxylic acids is 1. The van der Waals surface area contributed by atoms with Crippen molar-refractivity contribution in [3.8, 4) is 26.9 Å². The Kier molecular flexibility index (Phi) is 14.4. The van der Waals surface area contributed by atoms with Gasteiger partial charge in [0, 0.05) is 29.1 Å². The lowest BCUT2D eigenvalue weighted by Crippen LogP contribution is -2.06. The number of fused-ring (bicyclic) bond motifs is 1. The van der Waals surface area contributed by atoms with Crippen LogP contribution in [0.15, 0.2) is 60.9 Å². The zero-order valence-electron chi connectivity index (χ0n) is 26.3. The summed E-state index contributed by atoms with van der Waals surface area (Å²) in [6, 6.07) is 16.3. The predicted octanol–water partition coefficient (Wildman–Crippen LogP) is 9.82. The van der Waals surface area contributed by atoms with Gasteiger partial charge in [0.1, 0.15) is 15.8 Å². The average molecular weight is 574 g/mol. The quantitative estimate of drug-likeness (QED) is 0.222. The molecule has 0 radical (unpaired) electrons. The van der Waals surface area contributed by atoms with Gasteiger partial charge in [-0.1, -0.05) is 64.2 Å². The summed E-state index contributed by atoms with van der Waals surface area (Å²) in [6.45, 7) is 18.2. The van der Waals surface area contributed by atoms with E-state index in [1.165, 1.54) is 42.9 Å². The first-order valence-electron chi connectivity index (χ1n) is 14.8. The highest BCUT2D eigenvalue weighted by Gasteiger charge is 2.17. The fourth-order valence-electron chi connectivity index (χ4n) is 4.19. The molecule has 1 aliphatic carbocycles. The van der Waals surface area contributed by atoms with Crippen LogP contribution in [0, 0.1) is 12.8 Å². The zero-order chi connectivity index (χ0) is 30.4. The molecule has 0 fully saturated rings. The second-order valence-corrected chi connectivity index (χ2v) is 11.7. The molecule has 1 aliphatic rings. The van der Waals surface area contributed by atoms with Crippen LogP contribution in [0.1, 0.15) is 95.3 Å². The van der Waals surface area contributed by atoms with Crippen molar-refractivity contribution in [2.24, 2.45) is 5.92 Å². The van der Waals surface area contributed by atoms with E-state index in [4.69, 9.17) is 4.74 Å². The van der Waals surface area contributed by atoms with Gasteiger partial charge in [-0.2, -0.15) is 0 Å². The van der Waals surface area contributed by atoms with Crippen LogP contribution in [0.4, 0.5) is 0 Å². The molecular weight excluding hydrogens is 526 g/mol. The van der Waals surface area contributed by atoms with Crippen LogP contribution in [0.5, 0.6) is 5.75 Å². The zero-order valence-corrected chi connectivity index (χ0v) is 27.1. The predicted molar refractivity (Wildman–Crippen MR) is 174 cm³/mol. The lowest BCUT2D eigenvalue weighted by molar-refractivity contribution is 0.101. The lowest BCUT2D eigenvalue weighted by Gasteiger charge is -2.17. The highest BCUT2D eigenvalue weighted by atomic mass is 32.1. The molecule has 41 heavy (non-hydrogen) atoms. The van der Waals surface area contributed by atoms with Gasteiger partial charge in [-0.15, -0.1) is 10.2 Å². The summed E-state index contributed by atoms with van der Waals surface area (Å²) in [6.07, 6.45) is 8.30. The SMILES string of the molecule is CC.CC(=O)c1ccncc1.CC(C)C.Cc1cc(-c2nnc(-c3cccc4c3CCCC4)s2)ccc1OC(C)C. The summed E-state index contributed by atoms with van der Waals surface area (Å²) >= 11 is 1.68. The van der Waals surface area contributed by atoms with E-state index in [1.54, 1.807) is 35.9 Å². The number of Topliss-reactive ketones (excluding diaryl/α,β-unsaturated/α-hetero) is 1. The molecule has 0 amide bonds.